The van der Waals surface area contributed by atoms with Gasteiger partial charge >= 0.3 is 0 Å². The van der Waals surface area contributed by atoms with Gasteiger partial charge in [-0.2, -0.15) is 4.98 Å². The predicted octanol–water partition coefficient (Wildman–Crippen LogP) is 4.00. The number of benzene rings is 1. The zero-order chi connectivity index (χ0) is 23.9. The van der Waals surface area contributed by atoms with E-state index in [9.17, 15) is 10.2 Å². The minimum Gasteiger partial charge on any atom is -0.390 e. The Balaban J connectivity index is 1.37. The number of rotatable bonds is 5. The highest BCUT2D eigenvalue weighted by molar-refractivity contribution is 7.13. The summed E-state index contributed by atoms with van der Waals surface area (Å²) < 4.78 is 1.96. The molecule has 1 saturated carbocycles. The Morgan fingerprint density at radius 1 is 1.14 bits per heavy atom. The third-order valence-corrected chi connectivity index (χ3v) is 8.20. The lowest BCUT2D eigenvalue weighted by atomic mass is 9.92. The van der Waals surface area contributed by atoms with E-state index in [4.69, 9.17) is 16.6 Å². The quantitative estimate of drug-likeness (QED) is 0.279. The number of nitrogens with one attached hydrogen (secondary N) is 1. The molecule has 0 saturated heterocycles. The van der Waals surface area contributed by atoms with Crippen LogP contribution in [0.25, 0.3) is 21.6 Å². The number of halogens is 1. The lowest BCUT2D eigenvalue weighted by Crippen LogP contribution is -2.33. The maximum atomic E-state index is 11.1. The van der Waals surface area contributed by atoms with Crippen LogP contribution in [-0.2, 0) is 6.42 Å². The van der Waals surface area contributed by atoms with E-state index in [0.29, 0.717) is 12.1 Å². The summed E-state index contributed by atoms with van der Waals surface area (Å²) in [5, 5.41) is 29.3. The average Bonchev–Trinajstić information content (AvgIpc) is 3.57. The van der Waals surface area contributed by atoms with Crippen molar-refractivity contribution in [1.29, 1.82) is 0 Å². The van der Waals surface area contributed by atoms with E-state index in [1.807, 2.05) is 29.0 Å². The predicted molar refractivity (Wildman–Crippen MR) is 138 cm³/mol. The molecule has 1 aliphatic heterocycles. The van der Waals surface area contributed by atoms with Gasteiger partial charge in [0.05, 0.1) is 17.8 Å². The summed E-state index contributed by atoms with van der Waals surface area (Å²) in [6.07, 6.45) is 6.48. The van der Waals surface area contributed by atoms with Gasteiger partial charge in [-0.3, -0.25) is 0 Å². The van der Waals surface area contributed by atoms with Crippen molar-refractivity contribution in [3.8, 4) is 10.6 Å². The Labute approximate surface area is 212 Å². The summed E-state index contributed by atoms with van der Waals surface area (Å²) >= 11 is 7.76. The maximum absolute atomic E-state index is 11.1. The van der Waals surface area contributed by atoms with Gasteiger partial charge in [-0.05, 0) is 36.6 Å². The van der Waals surface area contributed by atoms with Crippen LogP contribution < -0.4 is 5.32 Å². The topological polar surface area (TPSA) is 96.1 Å². The van der Waals surface area contributed by atoms with Crippen LogP contribution in [0, 0.1) is 5.92 Å². The molecule has 6 rings (SSSR count). The molecule has 4 aromatic rings. The number of thiazole rings is 1. The van der Waals surface area contributed by atoms with Crippen molar-refractivity contribution in [3.05, 3.63) is 76.3 Å². The number of aromatic nitrogens is 4. The normalized spacial score (nSPS) is 24.7. The molecule has 4 atom stereocenters. The van der Waals surface area contributed by atoms with Crippen molar-refractivity contribution in [2.24, 2.45) is 5.92 Å². The zero-order valence-electron chi connectivity index (χ0n) is 19.0. The van der Waals surface area contributed by atoms with Crippen molar-refractivity contribution < 1.29 is 10.2 Å². The molecule has 1 aliphatic carbocycles. The molecule has 0 amide bonds. The molecule has 9 heteroatoms. The van der Waals surface area contributed by atoms with E-state index in [1.54, 1.807) is 17.5 Å². The van der Waals surface area contributed by atoms with E-state index in [1.165, 1.54) is 11.1 Å². The number of aliphatic hydroxyl groups is 2. The van der Waals surface area contributed by atoms with Crippen LogP contribution in [0.1, 0.15) is 30.1 Å². The minimum atomic E-state index is -0.912. The van der Waals surface area contributed by atoms with E-state index >= 15 is 0 Å². The van der Waals surface area contributed by atoms with Crippen LogP contribution in [0.4, 0.5) is 0 Å². The Kier molecular flexibility index (Phi) is 6.16. The van der Waals surface area contributed by atoms with Gasteiger partial charge in [0, 0.05) is 47.6 Å². The Bertz CT molecular complexity index is 1390. The molecular formula is C26H26ClN5O2S. The molecule has 0 bridgehead atoms. The molecule has 1 fully saturated rings. The Hall–Kier alpha value is -2.62. The van der Waals surface area contributed by atoms with Gasteiger partial charge in [0.1, 0.15) is 16.8 Å². The van der Waals surface area contributed by atoms with Gasteiger partial charge in [-0.15, -0.1) is 11.3 Å². The van der Waals surface area contributed by atoms with Crippen molar-refractivity contribution in [3.63, 3.8) is 0 Å². The molecule has 35 heavy (non-hydrogen) atoms. The highest BCUT2D eigenvalue weighted by Crippen LogP contribution is 2.43. The lowest BCUT2D eigenvalue weighted by Gasteiger charge is -2.23. The number of nitrogens with zero attached hydrogens (tertiary/aromatic N) is 4. The molecule has 1 aromatic carbocycles. The highest BCUT2D eigenvalue weighted by Gasteiger charge is 2.44. The summed E-state index contributed by atoms with van der Waals surface area (Å²) in [4.78, 5) is 13.6. The van der Waals surface area contributed by atoms with Gasteiger partial charge in [0.2, 0.25) is 5.28 Å². The summed E-state index contributed by atoms with van der Waals surface area (Å²) in [6.45, 7) is 1.69. The van der Waals surface area contributed by atoms with Gasteiger partial charge in [-0.1, -0.05) is 42.0 Å². The van der Waals surface area contributed by atoms with Crippen LogP contribution in [0.15, 0.2) is 59.8 Å². The van der Waals surface area contributed by atoms with E-state index < -0.39 is 12.2 Å². The standard InChI is InChI=1S/C26H26ClN5O2S/c27-26-29-12-19-20(25-30-17(14-35-25)9-15-5-2-1-3-6-15)13-32(24(19)31-26)21-10-18(22(33)23(21)34)16-7-4-8-28-11-16/h1-3,5-7,12-14,18,21-23,28,33-34H,4,8-11H2/t18?,21-,22-,23+/m1/s1. The first-order valence-corrected chi connectivity index (χ1v) is 13.1. The molecule has 2 aliphatic rings. The van der Waals surface area contributed by atoms with Crippen LogP contribution in [0.5, 0.6) is 0 Å². The maximum Gasteiger partial charge on any atom is 0.224 e. The van der Waals surface area contributed by atoms with Gasteiger partial charge in [0.25, 0.3) is 0 Å². The van der Waals surface area contributed by atoms with Crippen molar-refractivity contribution in [2.45, 2.75) is 37.5 Å². The summed E-state index contributed by atoms with van der Waals surface area (Å²) in [5.74, 6) is -0.0988. The van der Waals surface area contributed by atoms with E-state index in [0.717, 1.165) is 47.6 Å². The molecule has 0 spiro atoms. The minimum absolute atomic E-state index is 0.0988. The highest BCUT2D eigenvalue weighted by atomic mass is 35.5. The number of hydrogen-bond donors (Lipinski definition) is 3. The first kappa shape index (κ1) is 22.8. The Morgan fingerprint density at radius 2 is 2.00 bits per heavy atom. The molecule has 7 nitrogen and oxygen atoms in total. The molecule has 1 unspecified atom stereocenters. The monoisotopic (exact) mass is 507 g/mol. The second-order valence-corrected chi connectivity index (χ2v) is 10.5. The van der Waals surface area contributed by atoms with E-state index in [2.05, 4.69) is 38.9 Å². The molecule has 3 aromatic heterocycles. The second kappa shape index (κ2) is 9.44. The number of hydrogen-bond acceptors (Lipinski definition) is 7. The van der Waals surface area contributed by atoms with Crippen LogP contribution in [0.3, 0.4) is 0 Å². The van der Waals surface area contributed by atoms with Crippen LogP contribution in [-0.4, -0.2) is 55.0 Å². The van der Waals surface area contributed by atoms with Crippen LogP contribution in [0.2, 0.25) is 5.28 Å². The SMILES string of the molecule is O[C@@H]1[C@H](O)C(C2=CCCNC2)C[C@H]1n1cc(-c2nc(Cc3ccccc3)cs2)c2cnc(Cl)nc21. The molecular weight excluding hydrogens is 482 g/mol. The van der Waals surface area contributed by atoms with Gasteiger partial charge < -0.3 is 20.1 Å². The Morgan fingerprint density at radius 3 is 2.80 bits per heavy atom. The van der Waals surface area contributed by atoms with Crippen LogP contribution >= 0.6 is 22.9 Å². The first-order chi connectivity index (χ1) is 17.1. The zero-order valence-corrected chi connectivity index (χ0v) is 20.6. The molecule has 180 valence electrons. The van der Waals surface area contributed by atoms with Crippen molar-refractivity contribution in [2.75, 3.05) is 13.1 Å². The largest absolute Gasteiger partial charge is 0.390 e. The second-order valence-electron chi connectivity index (χ2n) is 9.27. The van der Waals surface area contributed by atoms with Gasteiger partial charge in [-0.25, -0.2) is 9.97 Å². The lowest BCUT2D eigenvalue weighted by molar-refractivity contribution is 0.0118. The van der Waals surface area contributed by atoms with Gasteiger partial charge in [0.15, 0.2) is 0 Å². The van der Waals surface area contributed by atoms with E-state index in [-0.39, 0.29) is 17.2 Å². The summed E-state index contributed by atoms with van der Waals surface area (Å²) in [5.41, 5.74) is 4.93. The molecule has 3 N–H and O–H groups in total. The fraction of sp³-hybridized carbons (Fsp3) is 0.346. The van der Waals surface area contributed by atoms with Crippen molar-refractivity contribution in [1.82, 2.24) is 24.8 Å². The molecule has 4 heterocycles. The average molecular weight is 508 g/mol. The third-order valence-electron chi connectivity index (χ3n) is 7.09. The molecule has 0 radical (unpaired) electrons. The van der Waals surface area contributed by atoms with Crippen molar-refractivity contribution >= 4 is 34.0 Å². The summed E-state index contributed by atoms with van der Waals surface area (Å²) in [7, 11) is 0. The fourth-order valence-electron chi connectivity index (χ4n) is 5.35. The smallest absolute Gasteiger partial charge is 0.224 e. The first-order valence-electron chi connectivity index (χ1n) is 11.9. The number of aliphatic hydroxyl groups excluding tert-OH is 2. The third kappa shape index (κ3) is 4.30. The fourth-order valence-corrected chi connectivity index (χ4v) is 6.32. The number of fused-ring (bicyclic) bond motifs is 1. The summed E-state index contributed by atoms with van der Waals surface area (Å²) in [6, 6.07) is 9.94.